The summed E-state index contributed by atoms with van der Waals surface area (Å²) in [6.07, 6.45) is 2.67. The van der Waals surface area contributed by atoms with Crippen LogP contribution in [0, 0.1) is 0 Å². The molecule has 0 N–H and O–H groups in total. The maximum Gasteiger partial charge on any atom is 0.189 e. The molecule has 0 bridgehead atoms. The monoisotopic (exact) mass is 399 g/mol. The summed E-state index contributed by atoms with van der Waals surface area (Å²) in [6.45, 7) is 4.79. The molecule has 3 aliphatic heterocycles. The summed E-state index contributed by atoms with van der Waals surface area (Å²) in [6, 6.07) is 0. The lowest BCUT2D eigenvalue weighted by atomic mass is 9.81. The topological polar surface area (TPSA) is 66.5 Å². The second-order valence-electron chi connectivity index (χ2n) is 5.57. The molecule has 7 nitrogen and oxygen atoms in total. The van der Waals surface area contributed by atoms with Crippen LogP contribution in [0.3, 0.4) is 0 Å². The van der Waals surface area contributed by atoms with Gasteiger partial charge in [0.15, 0.2) is 17.5 Å². The molecule has 0 saturated carbocycles. The smallest absolute Gasteiger partial charge is 0.189 e. The molecule has 3 atom stereocenters. The first kappa shape index (κ1) is 17.4. The van der Waals surface area contributed by atoms with Gasteiger partial charge in [0, 0.05) is 13.3 Å². The molecule has 0 radical (unpaired) electrons. The maximum absolute atomic E-state index is 11.3. The average Bonchev–Trinajstić information content (AvgIpc) is 2.56. The fraction of sp³-hybridized carbons (Fsp3) is 0.500. The Morgan fingerprint density at radius 2 is 2.38 bits per heavy atom. The van der Waals surface area contributed by atoms with Gasteiger partial charge in [0.25, 0.3) is 0 Å². The predicted octanol–water partition coefficient (Wildman–Crippen LogP) is 1.45. The van der Waals surface area contributed by atoms with E-state index in [-0.39, 0.29) is 12.7 Å². The summed E-state index contributed by atoms with van der Waals surface area (Å²) in [5.41, 5.74) is 0.191. The predicted molar refractivity (Wildman–Crippen MR) is 87.5 cm³/mol. The fourth-order valence-corrected chi connectivity index (χ4v) is 3.69. The number of hydrogen-bond donors (Lipinski definition) is 0. The van der Waals surface area contributed by atoms with Gasteiger partial charge in [-0.2, -0.15) is 0 Å². The van der Waals surface area contributed by atoms with Gasteiger partial charge in [0.2, 0.25) is 0 Å². The minimum Gasteiger partial charge on any atom is -0.493 e. The lowest BCUT2D eigenvalue weighted by Gasteiger charge is -2.56. The number of rotatable bonds is 6. The molecular formula is C16H18BrNO6. The van der Waals surface area contributed by atoms with Crippen LogP contribution in [0.1, 0.15) is 0 Å². The molecule has 0 aromatic carbocycles. The highest BCUT2D eigenvalue weighted by Crippen LogP contribution is 2.48. The minimum atomic E-state index is -0.807. The van der Waals surface area contributed by atoms with Gasteiger partial charge in [-0.1, -0.05) is 6.08 Å². The normalized spacial score (nSPS) is 31.5. The summed E-state index contributed by atoms with van der Waals surface area (Å²) in [5.74, 6) is 2.31. The van der Waals surface area contributed by atoms with E-state index in [2.05, 4.69) is 22.5 Å². The van der Waals surface area contributed by atoms with Gasteiger partial charge in [-0.25, -0.2) is 14.6 Å². The first-order valence-corrected chi connectivity index (χ1v) is 8.16. The first-order chi connectivity index (χ1) is 11.6. The molecule has 2 fully saturated rings. The number of nitrogens with zero attached hydrogens (tertiary/aromatic N) is 1. The van der Waals surface area contributed by atoms with E-state index in [1.54, 1.807) is 19.4 Å². The number of allylic oxidation sites excluding steroid dienone is 1. The van der Waals surface area contributed by atoms with Crippen molar-refractivity contribution in [2.24, 2.45) is 0 Å². The lowest BCUT2D eigenvalue weighted by Crippen LogP contribution is -2.73. The molecule has 0 aliphatic carbocycles. The second-order valence-corrected chi connectivity index (χ2v) is 6.42. The van der Waals surface area contributed by atoms with Crippen molar-refractivity contribution in [2.45, 2.75) is 17.8 Å². The molecule has 0 aromatic heterocycles. The van der Waals surface area contributed by atoms with E-state index in [4.69, 9.17) is 24.0 Å². The Morgan fingerprint density at radius 3 is 2.92 bits per heavy atom. The molecule has 3 rings (SSSR count). The van der Waals surface area contributed by atoms with Crippen LogP contribution < -0.4 is 0 Å². The zero-order chi connectivity index (χ0) is 17.3. The van der Waals surface area contributed by atoms with Gasteiger partial charge >= 0.3 is 0 Å². The third-order valence-electron chi connectivity index (χ3n) is 4.33. The lowest BCUT2D eigenvalue weighted by molar-refractivity contribution is -0.528. The number of piperidine rings is 1. The number of hydrogen-bond acceptors (Lipinski definition) is 7. The van der Waals surface area contributed by atoms with Crippen molar-refractivity contribution in [2.75, 3.05) is 34.0 Å². The van der Waals surface area contributed by atoms with Crippen molar-refractivity contribution in [3.05, 3.63) is 40.4 Å². The van der Waals surface area contributed by atoms with E-state index in [0.717, 1.165) is 0 Å². The number of fused-ring (bicyclic) bond motifs is 3. The molecule has 130 valence electrons. The molecule has 0 spiro atoms. The van der Waals surface area contributed by atoms with Crippen LogP contribution in [0.15, 0.2) is 40.4 Å². The van der Waals surface area contributed by atoms with Gasteiger partial charge < -0.3 is 19.1 Å². The third kappa shape index (κ3) is 2.47. The van der Waals surface area contributed by atoms with Crippen molar-refractivity contribution in [3.8, 4) is 0 Å². The van der Waals surface area contributed by atoms with Crippen LogP contribution >= 0.6 is 15.9 Å². The number of methoxy groups -OCH3 is 2. The van der Waals surface area contributed by atoms with E-state index >= 15 is 0 Å². The quantitative estimate of drug-likeness (QED) is 0.290. The standard InChI is InChI=1S/C16H18BrNO6/c1-4-5-22-9-16-12(20-2)7-18-6-11(17)10(8-19)14(21-3)13(18)15(16)23-24-16/h4,6,12,15H,1,5,7,9H2,2-3H3. The van der Waals surface area contributed by atoms with Crippen LogP contribution in [-0.2, 0) is 28.8 Å². The van der Waals surface area contributed by atoms with Crippen molar-refractivity contribution in [1.29, 1.82) is 0 Å². The summed E-state index contributed by atoms with van der Waals surface area (Å²) in [4.78, 5) is 24.1. The van der Waals surface area contributed by atoms with E-state index in [1.807, 2.05) is 10.8 Å². The number of ether oxygens (including phenoxy) is 3. The average molecular weight is 400 g/mol. The van der Waals surface area contributed by atoms with Crippen molar-refractivity contribution in [3.63, 3.8) is 0 Å². The number of halogens is 1. The summed E-state index contributed by atoms with van der Waals surface area (Å²) >= 11 is 3.37. The van der Waals surface area contributed by atoms with Crippen molar-refractivity contribution >= 4 is 21.9 Å². The third-order valence-corrected chi connectivity index (χ3v) is 4.93. The van der Waals surface area contributed by atoms with E-state index in [9.17, 15) is 4.79 Å². The Morgan fingerprint density at radius 1 is 1.58 bits per heavy atom. The van der Waals surface area contributed by atoms with Gasteiger partial charge in [-0.15, -0.1) is 6.58 Å². The molecule has 2 saturated heterocycles. The molecule has 0 aromatic rings. The van der Waals surface area contributed by atoms with Gasteiger partial charge in [-0.3, -0.25) is 0 Å². The summed E-state index contributed by atoms with van der Waals surface area (Å²) in [7, 11) is 3.12. The Bertz CT molecular complexity index is 653. The summed E-state index contributed by atoms with van der Waals surface area (Å²) in [5, 5.41) is 0. The first-order valence-electron chi connectivity index (χ1n) is 7.36. The highest BCUT2D eigenvalue weighted by atomic mass is 79.9. The van der Waals surface area contributed by atoms with E-state index < -0.39 is 11.7 Å². The van der Waals surface area contributed by atoms with Gasteiger partial charge in [-0.05, 0) is 15.9 Å². The van der Waals surface area contributed by atoms with Crippen LogP contribution in [0.5, 0.6) is 0 Å². The second kappa shape index (κ2) is 6.84. The zero-order valence-corrected chi connectivity index (χ0v) is 15.0. The van der Waals surface area contributed by atoms with Crippen molar-refractivity contribution in [1.82, 2.24) is 4.90 Å². The minimum absolute atomic E-state index is 0.265. The molecule has 8 heteroatoms. The highest BCUT2D eigenvalue weighted by Gasteiger charge is 2.64. The Kier molecular flexibility index (Phi) is 4.96. The van der Waals surface area contributed by atoms with E-state index in [0.29, 0.717) is 34.7 Å². The summed E-state index contributed by atoms with van der Waals surface area (Å²) < 4.78 is 17.3. The van der Waals surface area contributed by atoms with Gasteiger partial charge in [0.1, 0.15) is 17.6 Å². The van der Waals surface area contributed by atoms with Crippen LogP contribution in [0.25, 0.3) is 0 Å². The number of carbonyl (C=O) groups excluding carboxylic acids is 1. The van der Waals surface area contributed by atoms with Gasteiger partial charge in [0.05, 0.1) is 37.0 Å². The Hall–Kier alpha value is -1.41. The maximum atomic E-state index is 11.3. The molecule has 3 unspecified atom stereocenters. The largest absolute Gasteiger partial charge is 0.493 e. The molecule has 0 amide bonds. The molecule has 24 heavy (non-hydrogen) atoms. The van der Waals surface area contributed by atoms with Crippen LogP contribution in [-0.4, -0.2) is 62.6 Å². The molecular weight excluding hydrogens is 382 g/mol. The Balaban J connectivity index is 2.02. The highest BCUT2D eigenvalue weighted by molar-refractivity contribution is 9.12. The molecule has 3 heterocycles. The fourth-order valence-electron chi connectivity index (χ4n) is 3.18. The van der Waals surface area contributed by atoms with Crippen LogP contribution in [0.2, 0.25) is 0 Å². The zero-order valence-electron chi connectivity index (χ0n) is 13.4. The van der Waals surface area contributed by atoms with Crippen molar-refractivity contribution < 1.29 is 28.8 Å². The molecule has 3 aliphatic rings. The van der Waals surface area contributed by atoms with Crippen LogP contribution in [0.4, 0.5) is 0 Å². The SMILES string of the molecule is C=CCOCC12OOC1C1=C(OC)C(=C=O)C(Br)=CN1CC2OC. The van der Waals surface area contributed by atoms with E-state index in [1.165, 1.54) is 7.11 Å². The Labute approximate surface area is 148 Å².